The summed E-state index contributed by atoms with van der Waals surface area (Å²) in [5, 5.41) is 19.1. The fourth-order valence-corrected chi connectivity index (χ4v) is 1.01. The summed E-state index contributed by atoms with van der Waals surface area (Å²) in [5.41, 5.74) is -0.319. The molecule has 0 spiro atoms. The number of hydrogen-bond acceptors (Lipinski definition) is 4. The maximum absolute atomic E-state index is 13.3. The molecule has 5 nitrogen and oxygen atoms in total. The Kier molecular flexibility index (Phi) is 4.19. The Balaban J connectivity index is 2.72. The molecule has 0 aliphatic carbocycles. The normalized spacial score (nSPS) is 12.2. The summed E-state index contributed by atoms with van der Waals surface area (Å²) in [7, 11) is 0. The van der Waals surface area contributed by atoms with Gasteiger partial charge in [0, 0.05) is 18.6 Å². The van der Waals surface area contributed by atoms with Crippen LogP contribution < -0.4 is 4.74 Å². The number of ether oxygens (including phenoxy) is 1. The number of nitro benzene ring substituents is 1. The molecule has 1 aromatic rings. The number of nitro groups is 1. The summed E-state index contributed by atoms with van der Waals surface area (Å²) in [4.78, 5) is 9.66. The van der Waals surface area contributed by atoms with E-state index < -0.39 is 10.7 Å². The highest BCUT2D eigenvalue weighted by Crippen LogP contribution is 2.22. The second kappa shape index (κ2) is 5.41. The maximum atomic E-state index is 13.3. The summed E-state index contributed by atoms with van der Waals surface area (Å²) in [6, 6.07) is 3.18. The van der Waals surface area contributed by atoms with Crippen LogP contribution in [0.4, 0.5) is 10.1 Å². The van der Waals surface area contributed by atoms with Crippen LogP contribution in [0.5, 0.6) is 5.75 Å². The Bertz CT molecular complexity index is 383. The first kappa shape index (κ1) is 12.4. The summed E-state index contributed by atoms with van der Waals surface area (Å²) in [6.45, 7) is 1.84. The second-order valence-corrected chi connectivity index (χ2v) is 3.47. The predicted octanol–water partition coefficient (Wildman–Crippen LogP) is 1.74. The molecule has 0 amide bonds. The monoisotopic (exact) mass is 229 g/mol. The Morgan fingerprint density at radius 2 is 2.31 bits per heavy atom. The first-order chi connectivity index (χ1) is 7.54. The van der Waals surface area contributed by atoms with Crippen molar-refractivity contribution < 1.29 is 19.2 Å². The van der Waals surface area contributed by atoms with Crippen LogP contribution in [0.25, 0.3) is 0 Å². The van der Waals surface area contributed by atoms with Crippen LogP contribution in [0.2, 0.25) is 0 Å². The van der Waals surface area contributed by atoms with Crippen molar-refractivity contribution in [3.8, 4) is 5.75 Å². The van der Waals surface area contributed by atoms with Crippen molar-refractivity contribution in [2.24, 2.45) is 5.92 Å². The van der Waals surface area contributed by atoms with Crippen LogP contribution in [0.1, 0.15) is 6.92 Å². The van der Waals surface area contributed by atoms with Gasteiger partial charge in [-0.25, -0.2) is 4.39 Å². The molecule has 1 atom stereocenters. The van der Waals surface area contributed by atoms with Gasteiger partial charge in [0.15, 0.2) is 11.6 Å². The summed E-state index contributed by atoms with van der Waals surface area (Å²) in [5.74, 6) is -0.945. The average Bonchev–Trinajstić information content (AvgIpc) is 2.26. The van der Waals surface area contributed by atoms with Crippen molar-refractivity contribution in [3.05, 3.63) is 34.1 Å². The van der Waals surface area contributed by atoms with E-state index in [1.807, 2.05) is 0 Å². The summed E-state index contributed by atoms with van der Waals surface area (Å²) in [6.07, 6.45) is 0. The molecule has 0 aromatic heterocycles. The number of aliphatic hydroxyl groups is 1. The highest BCUT2D eigenvalue weighted by molar-refractivity contribution is 5.37. The number of rotatable bonds is 5. The molecular weight excluding hydrogens is 217 g/mol. The van der Waals surface area contributed by atoms with Crippen LogP contribution in [0.15, 0.2) is 18.2 Å². The molecular formula is C10H12FNO4. The first-order valence-corrected chi connectivity index (χ1v) is 4.72. The van der Waals surface area contributed by atoms with Gasteiger partial charge in [-0.1, -0.05) is 6.92 Å². The lowest BCUT2D eigenvalue weighted by molar-refractivity contribution is -0.385. The summed E-state index contributed by atoms with van der Waals surface area (Å²) >= 11 is 0. The van der Waals surface area contributed by atoms with Crippen LogP contribution in [-0.2, 0) is 0 Å². The number of benzene rings is 1. The van der Waals surface area contributed by atoms with E-state index in [1.165, 1.54) is 12.1 Å². The van der Waals surface area contributed by atoms with Crippen molar-refractivity contribution in [1.29, 1.82) is 0 Å². The minimum Gasteiger partial charge on any atom is -0.490 e. The van der Waals surface area contributed by atoms with E-state index in [2.05, 4.69) is 0 Å². The number of non-ortho nitro benzene ring substituents is 1. The van der Waals surface area contributed by atoms with E-state index in [0.717, 1.165) is 6.07 Å². The zero-order valence-corrected chi connectivity index (χ0v) is 8.72. The molecule has 0 bridgehead atoms. The molecule has 0 heterocycles. The molecule has 16 heavy (non-hydrogen) atoms. The van der Waals surface area contributed by atoms with Gasteiger partial charge in [-0.3, -0.25) is 10.1 Å². The van der Waals surface area contributed by atoms with E-state index in [4.69, 9.17) is 9.84 Å². The van der Waals surface area contributed by atoms with Crippen molar-refractivity contribution in [2.75, 3.05) is 13.2 Å². The second-order valence-electron chi connectivity index (χ2n) is 3.47. The fourth-order valence-electron chi connectivity index (χ4n) is 1.01. The number of hydrogen-bond donors (Lipinski definition) is 1. The minimum absolute atomic E-state index is 0.0501. The zero-order valence-electron chi connectivity index (χ0n) is 8.72. The van der Waals surface area contributed by atoms with Crippen LogP contribution in [-0.4, -0.2) is 23.2 Å². The lowest BCUT2D eigenvalue weighted by atomic mass is 10.2. The largest absolute Gasteiger partial charge is 0.490 e. The van der Waals surface area contributed by atoms with Gasteiger partial charge >= 0.3 is 0 Å². The van der Waals surface area contributed by atoms with Crippen molar-refractivity contribution in [2.45, 2.75) is 6.92 Å². The Hall–Kier alpha value is -1.69. The lowest BCUT2D eigenvalue weighted by Gasteiger charge is -2.10. The lowest BCUT2D eigenvalue weighted by Crippen LogP contribution is -2.12. The van der Waals surface area contributed by atoms with Crippen LogP contribution >= 0.6 is 0 Å². The smallest absolute Gasteiger partial charge is 0.272 e. The van der Waals surface area contributed by atoms with Crippen molar-refractivity contribution in [1.82, 2.24) is 0 Å². The van der Waals surface area contributed by atoms with E-state index in [9.17, 15) is 14.5 Å². The molecule has 0 aliphatic heterocycles. The van der Waals surface area contributed by atoms with E-state index >= 15 is 0 Å². The van der Waals surface area contributed by atoms with Gasteiger partial charge < -0.3 is 9.84 Å². The Morgan fingerprint density at radius 1 is 1.62 bits per heavy atom. The quantitative estimate of drug-likeness (QED) is 0.616. The number of halogens is 1. The molecule has 1 rings (SSSR count). The van der Waals surface area contributed by atoms with Gasteiger partial charge in [-0.2, -0.15) is 0 Å². The van der Waals surface area contributed by atoms with E-state index in [-0.39, 0.29) is 30.6 Å². The van der Waals surface area contributed by atoms with Gasteiger partial charge in [0.25, 0.3) is 5.69 Å². The molecule has 0 saturated carbocycles. The molecule has 1 aromatic carbocycles. The molecule has 1 N–H and O–H groups in total. The SMILES string of the molecule is CC(CO)COc1ccc([N+](=O)[O-])cc1F. The standard InChI is InChI=1S/C10H12FNO4/c1-7(5-13)6-16-10-3-2-8(12(14)15)4-9(10)11/h2-4,7,13H,5-6H2,1H3. The van der Waals surface area contributed by atoms with Gasteiger partial charge in [-0.15, -0.1) is 0 Å². The molecule has 6 heteroatoms. The Labute approximate surface area is 91.6 Å². The highest BCUT2D eigenvalue weighted by Gasteiger charge is 2.12. The number of nitrogens with zero attached hydrogens (tertiary/aromatic N) is 1. The molecule has 0 fully saturated rings. The number of aliphatic hydroxyl groups excluding tert-OH is 1. The molecule has 0 aliphatic rings. The molecule has 0 saturated heterocycles. The van der Waals surface area contributed by atoms with Gasteiger partial charge in [0.1, 0.15) is 0 Å². The van der Waals surface area contributed by atoms with Gasteiger partial charge in [0.2, 0.25) is 0 Å². The third-order valence-electron chi connectivity index (χ3n) is 1.96. The van der Waals surface area contributed by atoms with Crippen LogP contribution in [0, 0.1) is 21.8 Å². The molecule has 0 radical (unpaired) electrons. The van der Waals surface area contributed by atoms with Crippen LogP contribution in [0.3, 0.4) is 0 Å². The van der Waals surface area contributed by atoms with Crippen molar-refractivity contribution >= 4 is 5.69 Å². The first-order valence-electron chi connectivity index (χ1n) is 4.72. The van der Waals surface area contributed by atoms with Crippen molar-refractivity contribution in [3.63, 3.8) is 0 Å². The van der Waals surface area contributed by atoms with E-state index in [1.54, 1.807) is 6.92 Å². The summed E-state index contributed by atoms with van der Waals surface area (Å²) < 4.78 is 18.3. The topological polar surface area (TPSA) is 72.6 Å². The zero-order chi connectivity index (χ0) is 12.1. The third kappa shape index (κ3) is 3.16. The minimum atomic E-state index is -0.778. The fraction of sp³-hybridized carbons (Fsp3) is 0.400. The van der Waals surface area contributed by atoms with E-state index in [0.29, 0.717) is 0 Å². The average molecular weight is 229 g/mol. The third-order valence-corrected chi connectivity index (χ3v) is 1.96. The maximum Gasteiger partial charge on any atom is 0.272 e. The molecule has 1 unspecified atom stereocenters. The molecule has 88 valence electrons. The van der Waals surface area contributed by atoms with Gasteiger partial charge in [0.05, 0.1) is 17.6 Å². The predicted molar refractivity (Wildman–Crippen MR) is 54.8 cm³/mol. The van der Waals surface area contributed by atoms with Gasteiger partial charge in [-0.05, 0) is 6.07 Å². The Morgan fingerprint density at radius 3 is 2.81 bits per heavy atom. The highest BCUT2D eigenvalue weighted by atomic mass is 19.1.